The summed E-state index contributed by atoms with van der Waals surface area (Å²) < 4.78 is 0. The molecule has 1 aromatic heterocycles. The summed E-state index contributed by atoms with van der Waals surface area (Å²) in [5, 5.41) is 0.530. The van der Waals surface area contributed by atoms with Gasteiger partial charge >= 0.3 is 5.13 Å². The number of aryl methyl sites for hydroxylation is 1. The fourth-order valence-electron chi connectivity index (χ4n) is 0.395. The van der Waals surface area contributed by atoms with Crippen LogP contribution in [0.25, 0.3) is 4.85 Å². The van der Waals surface area contributed by atoms with E-state index in [9.17, 15) is 0 Å². The molecule has 1 heterocycles. The minimum Gasteiger partial charge on any atom is -0.351 e. The molecule has 40 valence electrons. The van der Waals surface area contributed by atoms with Gasteiger partial charge in [0.15, 0.2) is 0 Å². The summed E-state index contributed by atoms with van der Waals surface area (Å²) in [7, 11) is 0. The van der Waals surface area contributed by atoms with Gasteiger partial charge in [0.25, 0.3) is 0 Å². The highest BCUT2D eigenvalue weighted by Crippen LogP contribution is 2.18. The zero-order valence-electron chi connectivity index (χ0n) is 4.38. The quantitative estimate of drug-likeness (QED) is 0.483. The maximum atomic E-state index is 6.53. The number of aromatic nitrogens is 1. The van der Waals surface area contributed by atoms with E-state index in [1.807, 2.05) is 6.92 Å². The molecule has 2 nitrogen and oxygen atoms in total. The van der Waals surface area contributed by atoms with Crippen molar-refractivity contribution < 1.29 is 0 Å². The molecule has 0 bridgehead atoms. The number of rotatable bonds is 0. The van der Waals surface area contributed by atoms with Crippen LogP contribution in [0.3, 0.4) is 0 Å². The first kappa shape index (κ1) is 5.26. The monoisotopic (exact) mass is 124 g/mol. The lowest BCUT2D eigenvalue weighted by atomic mass is 10.7. The maximum Gasteiger partial charge on any atom is 0.329 e. The van der Waals surface area contributed by atoms with Crippen LogP contribution in [0.2, 0.25) is 0 Å². The molecule has 0 N–H and O–H groups in total. The molecular formula is C5H4N2S. The van der Waals surface area contributed by atoms with Crippen LogP contribution in [-0.4, -0.2) is 4.98 Å². The predicted molar refractivity (Wildman–Crippen MR) is 33.1 cm³/mol. The lowest BCUT2D eigenvalue weighted by molar-refractivity contribution is 1.40. The van der Waals surface area contributed by atoms with Gasteiger partial charge in [-0.05, 0) is 6.92 Å². The molecule has 1 aromatic rings. The van der Waals surface area contributed by atoms with Gasteiger partial charge < -0.3 is 4.85 Å². The largest absolute Gasteiger partial charge is 0.351 e. The van der Waals surface area contributed by atoms with Crippen molar-refractivity contribution >= 4 is 16.5 Å². The second-order valence-corrected chi connectivity index (χ2v) is 2.58. The number of nitrogens with zero attached hydrogens (tertiary/aromatic N) is 2. The molecule has 0 spiro atoms. The van der Waals surface area contributed by atoms with E-state index in [-0.39, 0.29) is 0 Å². The first-order valence-electron chi connectivity index (χ1n) is 2.13. The van der Waals surface area contributed by atoms with Crippen molar-refractivity contribution in [3.05, 3.63) is 22.5 Å². The molecule has 0 aliphatic rings. The van der Waals surface area contributed by atoms with Crippen molar-refractivity contribution in [2.45, 2.75) is 6.92 Å². The summed E-state index contributed by atoms with van der Waals surface area (Å²) >= 11 is 1.42. The Morgan fingerprint density at radius 3 is 2.88 bits per heavy atom. The first-order chi connectivity index (χ1) is 3.83. The van der Waals surface area contributed by atoms with Gasteiger partial charge in [0.2, 0.25) is 0 Å². The van der Waals surface area contributed by atoms with E-state index in [1.54, 1.807) is 6.20 Å². The smallest absolute Gasteiger partial charge is 0.329 e. The third-order valence-corrected chi connectivity index (χ3v) is 1.51. The minimum atomic E-state index is 0.530. The van der Waals surface area contributed by atoms with E-state index in [1.165, 1.54) is 11.3 Å². The maximum absolute atomic E-state index is 6.53. The van der Waals surface area contributed by atoms with E-state index in [0.717, 1.165) is 4.88 Å². The van der Waals surface area contributed by atoms with Gasteiger partial charge in [-0.1, -0.05) is 6.57 Å². The fourth-order valence-corrected chi connectivity index (χ4v) is 0.939. The normalized spacial score (nSPS) is 8.50. The Kier molecular flexibility index (Phi) is 1.27. The number of thiazole rings is 1. The van der Waals surface area contributed by atoms with Gasteiger partial charge in [-0.2, -0.15) is 0 Å². The van der Waals surface area contributed by atoms with Crippen LogP contribution in [0, 0.1) is 13.5 Å². The van der Waals surface area contributed by atoms with Crippen molar-refractivity contribution in [2.75, 3.05) is 0 Å². The molecule has 0 unspecified atom stereocenters. The molecule has 0 radical (unpaired) electrons. The van der Waals surface area contributed by atoms with Crippen LogP contribution in [0.5, 0.6) is 0 Å². The van der Waals surface area contributed by atoms with Gasteiger partial charge in [0.1, 0.15) is 6.20 Å². The Morgan fingerprint density at radius 1 is 1.88 bits per heavy atom. The zero-order chi connectivity index (χ0) is 5.98. The Hall–Kier alpha value is -0.880. The van der Waals surface area contributed by atoms with Gasteiger partial charge in [-0.25, -0.2) is 0 Å². The summed E-state index contributed by atoms with van der Waals surface area (Å²) in [6.07, 6.45) is 1.71. The van der Waals surface area contributed by atoms with E-state index in [0.29, 0.717) is 5.13 Å². The first-order valence-corrected chi connectivity index (χ1v) is 2.94. The minimum absolute atomic E-state index is 0.530. The van der Waals surface area contributed by atoms with Crippen molar-refractivity contribution in [3.63, 3.8) is 0 Å². The van der Waals surface area contributed by atoms with Gasteiger partial charge in [-0.15, -0.1) is 16.3 Å². The average Bonchev–Trinajstić information content (AvgIpc) is 2.14. The predicted octanol–water partition coefficient (Wildman–Crippen LogP) is 2.00. The Bertz CT molecular complexity index is 221. The van der Waals surface area contributed by atoms with E-state index in [4.69, 9.17) is 6.57 Å². The van der Waals surface area contributed by atoms with Crippen molar-refractivity contribution in [3.8, 4) is 0 Å². The van der Waals surface area contributed by atoms with Crippen LogP contribution < -0.4 is 0 Å². The summed E-state index contributed by atoms with van der Waals surface area (Å²) in [6.45, 7) is 8.47. The molecule has 0 saturated carbocycles. The third-order valence-electron chi connectivity index (χ3n) is 0.705. The zero-order valence-corrected chi connectivity index (χ0v) is 5.20. The van der Waals surface area contributed by atoms with Crippen molar-refractivity contribution in [1.82, 2.24) is 4.98 Å². The second-order valence-electron chi connectivity index (χ2n) is 1.37. The molecule has 8 heavy (non-hydrogen) atoms. The standard InChI is InChI=1S/C5H4N2S/c1-4-3-7-5(6-2)8-4/h3H,1H3. The highest BCUT2D eigenvalue weighted by Gasteiger charge is 1.94. The summed E-state index contributed by atoms with van der Waals surface area (Å²) in [4.78, 5) is 8.04. The van der Waals surface area contributed by atoms with E-state index >= 15 is 0 Å². The van der Waals surface area contributed by atoms with Gasteiger partial charge in [0, 0.05) is 4.88 Å². The van der Waals surface area contributed by atoms with Crippen molar-refractivity contribution in [1.29, 1.82) is 0 Å². The summed E-state index contributed by atoms with van der Waals surface area (Å²) in [6, 6.07) is 0. The lowest BCUT2D eigenvalue weighted by Crippen LogP contribution is -1.50. The molecule has 0 saturated heterocycles. The average molecular weight is 124 g/mol. The van der Waals surface area contributed by atoms with Crippen LogP contribution in [-0.2, 0) is 0 Å². The summed E-state index contributed by atoms with van der Waals surface area (Å²) in [5.41, 5.74) is 0. The van der Waals surface area contributed by atoms with E-state index in [2.05, 4.69) is 9.83 Å². The molecule has 0 aliphatic heterocycles. The SMILES string of the molecule is [C-]#[N+]c1ncc(C)s1. The summed E-state index contributed by atoms with van der Waals surface area (Å²) in [5.74, 6) is 0. The molecule has 3 heteroatoms. The topological polar surface area (TPSA) is 17.2 Å². The third kappa shape index (κ3) is 0.849. The molecule has 0 fully saturated rings. The molecule has 0 atom stereocenters. The Morgan fingerprint density at radius 2 is 2.62 bits per heavy atom. The molecule has 0 aliphatic carbocycles. The molecule has 0 aromatic carbocycles. The Balaban J connectivity index is 3.05. The highest BCUT2D eigenvalue weighted by molar-refractivity contribution is 7.15. The second kappa shape index (κ2) is 1.93. The van der Waals surface area contributed by atoms with E-state index < -0.39 is 0 Å². The lowest BCUT2D eigenvalue weighted by Gasteiger charge is -1.69. The van der Waals surface area contributed by atoms with Crippen LogP contribution in [0.15, 0.2) is 6.20 Å². The van der Waals surface area contributed by atoms with Gasteiger partial charge in [-0.3, -0.25) is 0 Å². The van der Waals surface area contributed by atoms with Crippen LogP contribution >= 0.6 is 11.3 Å². The fraction of sp³-hybridized carbons (Fsp3) is 0.200. The van der Waals surface area contributed by atoms with Gasteiger partial charge in [0.05, 0.1) is 0 Å². The highest BCUT2D eigenvalue weighted by atomic mass is 32.1. The molecular weight excluding hydrogens is 120 g/mol. The molecule has 1 rings (SSSR count). The number of hydrogen-bond donors (Lipinski definition) is 0. The number of hydrogen-bond acceptors (Lipinski definition) is 2. The van der Waals surface area contributed by atoms with Crippen LogP contribution in [0.1, 0.15) is 4.88 Å². The Labute approximate surface area is 51.6 Å². The van der Waals surface area contributed by atoms with Crippen LogP contribution in [0.4, 0.5) is 5.13 Å². The van der Waals surface area contributed by atoms with Crippen molar-refractivity contribution in [2.24, 2.45) is 0 Å². The molecule has 0 amide bonds.